The Labute approximate surface area is 115 Å². The number of anilines is 1. The van der Waals surface area contributed by atoms with Crippen LogP contribution in [0.4, 0.5) is 5.95 Å². The number of nitrogen functional groups attached to an aromatic ring is 1. The molecule has 0 fully saturated rings. The Bertz CT molecular complexity index is 654. The summed E-state index contributed by atoms with van der Waals surface area (Å²) in [5.74, 6) is 1.35. The van der Waals surface area contributed by atoms with Gasteiger partial charge in [-0.1, -0.05) is 0 Å². The normalized spacial score (nSPS) is 11.0. The maximum Gasteiger partial charge on any atom is 0.197 e. The molecule has 4 N–H and O–H groups in total. The van der Waals surface area contributed by atoms with Gasteiger partial charge in [-0.05, 0) is 31.4 Å². The molecule has 0 aliphatic carbocycles. The highest BCUT2D eigenvalue weighted by molar-refractivity contribution is 5.19. The Kier molecular flexibility index (Phi) is 3.49. The Balaban J connectivity index is 1.56. The second-order valence-electron chi connectivity index (χ2n) is 4.62. The van der Waals surface area contributed by atoms with E-state index in [1.807, 2.05) is 12.1 Å². The summed E-state index contributed by atoms with van der Waals surface area (Å²) in [5.41, 5.74) is 8.50. The minimum atomic E-state index is 0.458. The predicted molar refractivity (Wildman–Crippen MR) is 72.9 cm³/mol. The van der Waals surface area contributed by atoms with Gasteiger partial charge in [-0.25, -0.2) is 4.98 Å². The van der Waals surface area contributed by atoms with Crippen LogP contribution in [0.3, 0.4) is 0 Å². The number of rotatable bonds is 6. The monoisotopic (exact) mass is 272 g/mol. The van der Waals surface area contributed by atoms with Gasteiger partial charge < -0.3 is 15.1 Å². The van der Waals surface area contributed by atoms with Crippen LogP contribution in [0.15, 0.2) is 29.0 Å². The van der Waals surface area contributed by atoms with E-state index in [9.17, 15) is 0 Å². The summed E-state index contributed by atoms with van der Waals surface area (Å²) >= 11 is 0. The average molecular weight is 272 g/mol. The summed E-state index contributed by atoms with van der Waals surface area (Å²) in [6.45, 7) is 0. The molecule has 0 spiro atoms. The third-order valence-corrected chi connectivity index (χ3v) is 3.13. The number of furan rings is 1. The van der Waals surface area contributed by atoms with Gasteiger partial charge >= 0.3 is 0 Å². The highest BCUT2D eigenvalue weighted by Crippen LogP contribution is 2.13. The Morgan fingerprint density at radius 2 is 2.10 bits per heavy atom. The molecular weight excluding hydrogens is 256 g/mol. The zero-order valence-corrected chi connectivity index (χ0v) is 11.0. The van der Waals surface area contributed by atoms with Crippen LogP contribution >= 0.6 is 0 Å². The van der Waals surface area contributed by atoms with E-state index in [0.717, 1.165) is 42.1 Å². The van der Waals surface area contributed by atoms with Crippen molar-refractivity contribution in [3.63, 3.8) is 0 Å². The van der Waals surface area contributed by atoms with Crippen molar-refractivity contribution < 1.29 is 4.42 Å². The molecule has 0 amide bonds. The highest BCUT2D eigenvalue weighted by Gasteiger charge is 2.10. The summed E-state index contributed by atoms with van der Waals surface area (Å²) in [6.07, 6.45) is 6.79. The molecule has 0 aliphatic heterocycles. The lowest BCUT2D eigenvalue weighted by Gasteiger charge is -1.99. The lowest BCUT2D eigenvalue weighted by molar-refractivity contribution is 0.518. The third kappa shape index (κ3) is 2.87. The van der Waals surface area contributed by atoms with Gasteiger partial charge in [0, 0.05) is 5.69 Å². The zero-order chi connectivity index (χ0) is 13.8. The number of nitrogens with zero attached hydrogens (tertiary/aromatic N) is 3. The fourth-order valence-electron chi connectivity index (χ4n) is 2.14. The predicted octanol–water partition coefficient (Wildman–Crippen LogP) is 1.47. The van der Waals surface area contributed by atoms with E-state index in [-0.39, 0.29) is 0 Å². The van der Waals surface area contributed by atoms with Crippen LogP contribution in [0, 0.1) is 0 Å². The van der Waals surface area contributed by atoms with Crippen molar-refractivity contribution in [2.75, 3.05) is 5.73 Å². The zero-order valence-electron chi connectivity index (χ0n) is 11.0. The second kappa shape index (κ2) is 5.60. The first kappa shape index (κ1) is 12.5. The van der Waals surface area contributed by atoms with E-state index in [1.54, 1.807) is 12.5 Å². The number of imidazole rings is 1. The largest absolute Gasteiger partial charge is 0.469 e. The van der Waals surface area contributed by atoms with E-state index in [4.69, 9.17) is 10.2 Å². The molecule has 0 aliphatic rings. The lowest BCUT2D eigenvalue weighted by Crippen LogP contribution is -1.97. The number of nitrogens with one attached hydrogen (secondary N) is 2. The molecule has 3 aromatic heterocycles. The molecule has 7 nitrogen and oxygen atoms in total. The maximum absolute atomic E-state index is 5.54. The van der Waals surface area contributed by atoms with Crippen molar-refractivity contribution in [1.29, 1.82) is 0 Å². The minimum Gasteiger partial charge on any atom is -0.469 e. The minimum absolute atomic E-state index is 0.458. The molecule has 0 radical (unpaired) electrons. The number of aryl methyl sites for hydroxylation is 2. The summed E-state index contributed by atoms with van der Waals surface area (Å²) in [5, 5.41) is 11.1. The summed E-state index contributed by atoms with van der Waals surface area (Å²) < 4.78 is 5.33. The summed E-state index contributed by atoms with van der Waals surface area (Å²) in [6, 6.07) is 3.81. The Morgan fingerprint density at radius 3 is 2.85 bits per heavy atom. The number of H-pyrrole nitrogens is 2. The first-order valence-electron chi connectivity index (χ1n) is 6.51. The molecular formula is C13H16N6O. The van der Waals surface area contributed by atoms with Crippen LogP contribution in [-0.4, -0.2) is 25.4 Å². The molecule has 3 rings (SSSR count). The van der Waals surface area contributed by atoms with Gasteiger partial charge in [-0.3, -0.25) is 0 Å². The van der Waals surface area contributed by atoms with Crippen molar-refractivity contribution in [3.8, 4) is 0 Å². The standard InChI is InChI=1S/C13H16N6O/c14-13-15-8-9(16-13)3-1-5-11-12(18-19-17-11)7-10-4-2-6-20-10/h2,4,6,8H,1,3,5,7H2,(H3,14,15,16)(H,17,18,19). The van der Waals surface area contributed by atoms with E-state index < -0.39 is 0 Å². The highest BCUT2D eigenvalue weighted by atomic mass is 16.3. The topological polar surface area (TPSA) is 109 Å². The van der Waals surface area contributed by atoms with E-state index in [2.05, 4.69) is 25.4 Å². The van der Waals surface area contributed by atoms with Crippen LogP contribution in [0.1, 0.15) is 29.3 Å². The first-order valence-corrected chi connectivity index (χ1v) is 6.51. The number of hydrogen-bond acceptors (Lipinski definition) is 5. The maximum atomic E-state index is 5.54. The molecule has 7 heteroatoms. The van der Waals surface area contributed by atoms with Gasteiger partial charge in [-0.15, -0.1) is 0 Å². The molecule has 3 heterocycles. The number of hydrogen-bond donors (Lipinski definition) is 3. The quantitative estimate of drug-likeness (QED) is 0.629. The number of nitrogens with two attached hydrogens (primary N) is 1. The van der Waals surface area contributed by atoms with E-state index >= 15 is 0 Å². The molecule has 0 saturated carbocycles. The van der Waals surface area contributed by atoms with Crippen molar-refractivity contribution >= 4 is 5.95 Å². The molecule has 3 aromatic rings. The molecule has 0 unspecified atom stereocenters. The first-order chi connectivity index (χ1) is 9.81. The summed E-state index contributed by atoms with van der Waals surface area (Å²) in [4.78, 5) is 6.99. The van der Waals surface area contributed by atoms with Gasteiger partial charge in [0.05, 0.1) is 30.3 Å². The van der Waals surface area contributed by atoms with Crippen LogP contribution < -0.4 is 5.73 Å². The number of aromatic amines is 2. The van der Waals surface area contributed by atoms with Crippen molar-refractivity contribution in [3.05, 3.63) is 47.4 Å². The summed E-state index contributed by atoms with van der Waals surface area (Å²) in [7, 11) is 0. The lowest BCUT2D eigenvalue weighted by atomic mass is 10.1. The van der Waals surface area contributed by atoms with Crippen LogP contribution in [0.25, 0.3) is 0 Å². The SMILES string of the molecule is Nc1ncc(CCCc2n[nH]nc2Cc2ccco2)[nH]1. The molecule has 104 valence electrons. The van der Waals surface area contributed by atoms with Crippen molar-refractivity contribution in [2.45, 2.75) is 25.7 Å². The van der Waals surface area contributed by atoms with Crippen molar-refractivity contribution in [2.24, 2.45) is 0 Å². The third-order valence-electron chi connectivity index (χ3n) is 3.13. The van der Waals surface area contributed by atoms with Gasteiger partial charge in [0.25, 0.3) is 0 Å². The molecule has 0 saturated heterocycles. The van der Waals surface area contributed by atoms with Crippen molar-refractivity contribution in [1.82, 2.24) is 25.4 Å². The second-order valence-corrected chi connectivity index (χ2v) is 4.62. The van der Waals surface area contributed by atoms with Crippen LogP contribution in [0.2, 0.25) is 0 Å². The average Bonchev–Trinajstić information content (AvgIpc) is 3.15. The van der Waals surface area contributed by atoms with Gasteiger partial charge in [0.1, 0.15) is 5.76 Å². The van der Waals surface area contributed by atoms with Crippen LogP contribution in [-0.2, 0) is 19.3 Å². The molecule has 20 heavy (non-hydrogen) atoms. The molecule has 0 atom stereocenters. The number of aromatic nitrogens is 5. The molecule has 0 aromatic carbocycles. The fourth-order valence-corrected chi connectivity index (χ4v) is 2.14. The van der Waals surface area contributed by atoms with Crippen LogP contribution in [0.5, 0.6) is 0 Å². The van der Waals surface area contributed by atoms with Gasteiger partial charge in [-0.2, -0.15) is 15.4 Å². The fraction of sp³-hybridized carbons (Fsp3) is 0.308. The smallest absolute Gasteiger partial charge is 0.197 e. The van der Waals surface area contributed by atoms with E-state index in [0.29, 0.717) is 12.4 Å². The van der Waals surface area contributed by atoms with Gasteiger partial charge in [0.15, 0.2) is 5.95 Å². The Morgan fingerprint density at radius 1 is 1.20 bits per heavy atom. The van der Waals surface area contributed by atoms with E-state index in [1.165, 1.54) is 0 Å². The molecule has 0 bridgehead atoms. The Hall–Kier alpha value is -2.57. The van der Waals surface area contributed by atoms with Gasteiger partial charge in [0.2, 0.25) is 0 Å².